The van der Waals surface area contributed by atoms with E-state index in [1.54, 1.807) is 0 Å². The molecule has 268 valence electrons. The van der Waals surface area contributed by atoms with Crippen LogP contribution in [0.4, 0.5) is 0 Å². The summed E-state index contributed by atoms with van der Waals surface area (Å²) in [5.74, 6) is 1.98. The average Bonchev–Trinajstić information content (AvgIpc) is 3.55. The maximum absolute atomic E-state index is 5.14. The first-order valence-corrected chi connectivity index (χ1v) is 19.5. The summed E-state index contributed by atoms with van der Waals surface area (Å²) in [7, 11) is 0. The lowest BCUT2D eigenvalue weighted by molar-refractivity contribution is 0.549. The molecule has 7 aromatic carbocycles. The summed E-state index contributed by atoms with van der Waals surface area (Å²) < 4.78 is 0. The fourth-order valence-corrected chi connectivity index (χ4v) is 9.55. The summed E-state index contributed by atoms with van der Waals surface area (Å²) in [6.45, 7) is 6.94. The van der Waals surface area contributed by atoms with Crippen molar-refractivity contribution in [3.63, 3.8) is 0 Å². The lowest BCUT2D eigenvalue weighted by Gasteiger charge is -2.48. The van der Waals surface area contributed by atoms with Gasteiger partial charge in [-0.3, -0.25) is 0 Å². The molecule has 0 fully saturated rings. The van der Waals surface area contributed by atoms with Crippen LogP contribution in [0.3, 0.4) is 0 Å². The van der Waals surface area contributed by atoms with E-state index in [1.165, 1.54) is 50.1 Å². The Hall–Kier alpha value is -6.71. The summed E-state index contributed by atoms with van der Waals surface area (Å²) >= 11 is 0. The van der Waals surface area contributed by atoms with Crippen molar-refractivity contribution in [2.45, 2.75) is 38.0 Å². The highest BCUT2D eigenvalue weighted by atomic mass is 15.0. The molecule has 0 saturated carbocycles. The molecule has 3 heteroatoms. The van der Waals surface area contributed by atoms with Gasteiger partial charge in [-0.1, -0.05) is 196 Å². The van der Waals surface area contributed by atoms with Crippen LogP contribution in [0.15, 0.2) is 193 Å². The molecule has 10 rings (SSSR count). The van der Waals surface area contributed by atoms with E-state index in [9.17, 15) is 0 Å². The number of aromatic nitrogens is 3. The molecule has 56 heavy (non-hydrogen) atoms. The van der Waals surface area contributed by atoms with Gasteiger partial charge in [0.1, 0.15) is 0 Å². The molecule has 1 aromatic heterocycles. The van der Waals surface area contributed by atoms with Crippen molar-refractivity contribution in [3.05, 3.63) is 221 Å². The van der Waals surface area contributed by atoms with Gasteiger partial charge >= 0.3 is 0 Å². The second-order valence-corrected chi connectivity index (χ2v) is 15.5. The number of hydrogen-bond donors (Lipinski definition) is 0. The van der Waals surface area contributed by atoms with Gasteiger partial charge < -0.3 is 0 Å². The van der Waals surface area contributed by atoms with Crippen molar-refractivity contribution in [2.24, 2.45) is 0 Å². The van der Waals surface area contributed by atoms with Gasteiger partial charge in [0.2, 0.25) is 0 Å². The molecule has 3 nitrogen and oxygen atoms in total. The number of nitrogens with zero attached hydrogens (tertiary/aromatic N) is 3. The van der Waals surface area contributed by atoms with Crippen LogP contribution in [0, 0.1) is 0 Å². The molecule has 1 heterocycles. The molecule has 0 unspecified atom stereocenters. The third kappa shape index (κ3) is 5.15. The van der Waals surface area contributed by atoms with Gasteiger partial charge in [0, 0.05) is 22.1 Å². The number of fused-ring (bicyclic) bond motifs is 8. The Morgan fingerprint density at radius 1 is 0.482 bits per heavy atom. The number of allylic oxidation sites excluding steroid dienone is 4. The Bertz CT molecular complexity index is 2760. The topological polar surface area (TPSA) is 38.7 Å². The lowest BCUT2D eigenvalue weighted by atomic mass is 9.54. The van der Waals surface area contributed by atoms with Gasteiger partial charge in [-0.25, -0.2) is 15.0 Å². The summed E-state index contributed by atoms with van der Waals surface area (Å²) in [5, 5.41) is 2.27. The second kappa shape index (κ2) is 13.2. The lowest BCUT2D eigenvalue weighted by Crippen LogP contribution is -2.41. The summed E-state index contributed by atoms with van der Waals surface area (Å²) in [6.07, 6.45) is 5.37. The first-order chi connectivity index (χ1) is 27.5. The highest BCUT2D eigenvalue weighted by molar-refractivity contribution is 5.96. The Morgan fingerprint density at radius 2 is 1.00 bits per heavy atom. The SMILES string of the molecule is C/C=C\C1=C(Cc2ccc3cccc(-c4nc(-c5ccccc5)nc(-c5ccccc5)n4)c3c2)C2(c3ccccc3-c3ccccc32)c2ccccc2C1(C)C. The maximum atomic E-state index is 5.14. The van der Waals surface area contributed by atoms with Crippen molar-refractivity contribution in [3.8, 4) is 45.3 Å². The molecule has 0 bridgehead atoms. The van der Waals surface area contributed by atoms with E-state index in [0.29, 0.717) is 17.5 Å². The Labute approximate surface area is 328 Å². The largest absolute Gasteiger partial charge is 0.208 e. The van der Waals surface area contributed by atoms with E-state index in [1.807, 2.05) is 36.4 Å². The van der Waals surface area contributed by atoms with Crippen LogP contribution in [-0.2, 0) is 17.3 Å². The summed E-state index contributed by atoms with van der Waals surface area (Å²) in [4.78, 5) is 15.3. The molecule has 0 N–H and O–H groups in total. The van der Waals surface area contributed by atoms with E-state index >= 15 is 0 Å². The standard InChI is InChI=1S/C53H41N3/c1-4-18-45-48(53(47-30-16-15-29-46(47)52(45,2)3)43-27-13-11-24-39(43)40-25-12-14-28-44(40)53)34-35-31-32-36-23-17-26-41(42(36)33-35)51-55-49(37-19-7-5-8-20-37)54-50(56-51)38-21-9-6-10-22-38/h4-33H,34H2,1-3H3/b18-4-. The van der Waals surface area contributed by atoms with Gasteiger partial charge in [-0.15, -0.1) is 0 Å². The smallest absolute Gasteiger partial charge is 0.164 e. The quantitative estimate of drug-likeness (QED) is 0.172. The second-order valence-electron chi connectivity index (χ2n) is 15.5. The molecular weight excluding hydrogens is 679 g/mol. The third-order valence-electron chi connectivity index (χ3n) is 12.0. The van der Waals surface area contributed by atoms with Crippen molar-refractivity contribution < 1.29 is 0 Å². The molecule has 0 amide bonds. The molecule has 2 aliphatic rings. The van der Waals surface area contributed by atoms with Crippen LogP contribution < -0.4 is 0 Å². The Balaban J connectivity index is 1.20. The van der Waals surface area contributed by atoms with E-state index < -0.39 is 5.41 Å². The predicted molar refractivity (Wildman–Crippen MR) is 230 cm³/mol. The van der Waals surface area contributed by atoms with Gasteiger partial charge in [0.15, 0.2) is 17.5 Å². The minimum atomic E-state index is -0.452. The summed E-state index contributed by atoms with van der Waals surface area (Å²) in [6, 6.07) is 61.1. The molecule has 0 atom stereocenters. The van der Waals surface area contributed by atoms with E-state index in [-0.39, 0.29) is 5.41 Å². The van der Waals surface area contributed by atoms with Crippen molar-refractivity contribution >= 4 is 10.8 Å². The molecular formula is C53H41N3. The minimum Gasteiger partial charge on any atom is -0.208 e. The third-order valence-corrected chi connectivity index (χ3v) is 12.0. The first-order valence-electron chi connectivity index (χ1n) is 19.5. The van der Waals surface area contributed by atoms with Crippen LogP contribution in [-0.4, -0.2) is 15.0 Å². The van der Waals surface area contributed by atoms with E-state index in [4.69, 9.17) is 15.0 Å². The zero-order valence-electron chi connectivity index (χ0n) is 31.9. The fourth-order valence-electron chi connectivity index (χ4n) is 9.55. The first kappa shape index (κ1) is 33.8. The van der Waals surface area contributed by atoms with Crippen LogP contribution in [0.5, 0.6) is 0 Å². The number of rotatable bonds is 6. The Morgan fingerprint density at radius 3 is 1.61 bits per heavy atom. The van der Waals surface area contributed by atoms with Crippen molar-refractivity contribution in [1.82, 2.24) is 15.0 Å². The van der Waals surface area contributed by atoms with Crippen molar-refractivity contribution in [1.29, 1.82) is 0 Å². The normalized spacial score (nSPS) is 14.9. The maximum Gasteiger partial charge on any atom is 0.164 e. The zero-order chi connectivity index (χ0) is 37.9. The molecule has 2 aliphatic carbocycles. The average molecular weight is 720 g/mol. The van der Waals surface area contributed by atoms with Gasteiger partial charge in [0.05, 0.1) is 5.41 Å². The van der Waals surface area contributed by atoms with E-state index in [2.05, 4.69) is 166 Å². The van der Waals surface area contributed by atoms with Gasteiger partial charge in [-0.05, 0) is 74.2 Å². The number of hydrogen-bond acceptors (Lipinski definition) is 3. The zero-order valence-corrected chi connectivity index (χ0v) is 31.9. The highest BCUT2D eigenvalue weighted by Crippen LogP contribution is 2.62. The monoisotopic (exact) mass is 719 g/mol. The molecule has 8 aromatic rings. The van der Waals surface area contributed by atoms with Crippen LogP contribution in [0.25, 0.3) is 56.1 Å². The van der Waals surface area contributed by atoms with Crippen LogP contribution in [0.2, 0.25) is 0 Å². The number of benzene rings is 7. The minimum absolute atomic E-state index is 0.218. The van der Waals surface area contributed by atoms with Gasteiger partial charge in [0.25, 0.3) is 0 Å². The molecule has 0 saturated heterocycles. The molecule has 1 spiro atoms. The molecule has 0 aliphatic heterocycles. The summed E-state index contributed by atoms with van der Waals surface area (Å²) in [5.41, 5.74) is 14.4. The van der Waals surface area contributed by atoms with Crippen molar-refractivity contribution in [2.75, 3.05) is 0 Å². The molecule has 0 radical (unpaired) electrons. The van der Waals surface area contributed by atoms with E-state index in [0.717, 1.165) is 33.9 Å². The predicted octanol–water partition coefficient (Wildman–Crippen LogP) is 12.7. The Kier molecular flexibility index (Phi) is 8.00. The van der Waals surface area contributed by atoms with Gasteiger partial charge in [-0.2, -0.15) is 0 Å². The highest BCUT2D eigenvalue weighted by Gasteiger charge is 2.53. The fraction of sp³-hybridized carbons (Fsp3) is 0.113. The van der Waals surface area contributed by atoms with Crippen LogP contribution in [0.1, 0.15) is 48.6 Å². The van der Waals surface area contributed by atoms with Crippen LogP contribution >= 0.6 is 0 Å².